The number of para-hydroxylation sites is 1. The molecule has 1 amide bonds. The third kappa shape index (κ3) is 5.44. The maximum Gasteiger partial charge on any atom is 0.260 e. The first-order valence-corrected chi connectivity index (χ1v) is 12.2. The Morgan fingerprint density at radius 1 is 1.26 bits per heavy atom. The molecular weight excluding hydrogens is 478 g/mol. The Morgan fingerprint density at radius 3 is 2.84 bits per heavy atom. The number of nitrogens with zero attached hydrogens (tertiary/aromatic N) is 3. The molecule has 0 bridgehead atoms. The quantitative estimate of drug-likeness (QED) is 0.440. The first-order chi connectivity index (χ1) is 15.2. The SMILES string of the molecule is CCOc1cccc2sc(N(CCCN3CCOCC3)C(=O)c3cccc(Br)c3)nc12. The summed E-state index contributed by atoms with van der Waals surface area (Å²) in [5.74, 6) is 0.714. The summed E-state index contributed by atoms with van der Waals surface area (Å²) in [7, 11) is 0. The standard InChI is InChI=1S/C23H26BrN3O3S/c1-2-30-19-8-4-9-20-21(19)25-23(31-20)27(11-5-10-26-12-14-29-15-13-26)22(28)17-6-3-7-18(24)16-17/h3-4,6-9,16H,2,5,10-15H2,1H3. The monoisotopic (exact) mass is 503 g/mol. The molecule has 0 unspecified atom stereocenters. The van der Waals surface area contributed by atoms with Crippen molar-refractivity contribution in [1.29, 1.82) is 0 Å². The minimum absolute atomic E-state index is 0.0414. The van der Waals surface area contributed by atoms with Crippen LogP contribution in [0.2, 0.25) is 0 Å². The molecule has 1 fully saturated rings. The van der Waals surface area contributed by atoms with Crippen LogP contribution in [0, 0.1) is 0 Å². The molecule has 0 aliphatic carbocycles. The predicted octanol–water partition coefficient (Wildman–Crippen LogP) is 4.83. The van der Waals surface area contributed by atoms with Crippen molar-refractivity contribution in [2.45, 2.75) is 13.3 Å². The maximum absolute atomic E-state index is 13.5. The van der Waals surface area contributed by atoms with E-state index in [1.165, 1.54) is 11.3 Å². The number of hydrogen-bond acceptors (Lipinski definition) is 6. The van der Waals surface area contributed by atoms with Gasteiger partial charge in [0, 0.05) is 36.2 Å². The van der Waals surface area contributed by atoms with E-state index in [0.717, 1.165) is 59.7 Å². The van der Waals surface area contributed by atoms with Crippen molar-refractivity contribution in [3.05, 3.63) is 52.5 Å². The second-order valence-electron chi connectivity index (χ2n) is 7.31. The van der Waals surface area contributed by atoms with Gasteiger partial charge in [-0.3, -0.25) is 14.6 Å². The Labute approximate surface area is 194 Å². The molecule has 1 aromatic heterocycles. The molecule has 31 heavy (non-hydrogen) atoms. The van der Waals surface area contributed by atoms with Gasteiger partial charge in [0.25, 0.3) is 5.91 Å². The number of thiazole rings is 1. The van der Waals surface area contributed by atoms with Gasteiger partial charge < -0.3 is 9.47 Å². The predicted molar refractivity (Wildman–Crippen MR) is 128 cm³/mol. The van der Waals surface area contributed by atoms with Gasteiger partial charge in [-0.1, -0.05) is 39.4 Å². The fourth-order valence-electron chi connectivity index (χ4n) is 3.64. The fourth-order valence-corrected chi connectivity index (χ4v) is 5.04. The van der Waals surface area contributed by atoms with Gasteiger partial charge in [0.1, 0.15) is 11.3 Å². The van der Waals surface area contributed by atoms with E-state index in [-0.39, 0.29) is 5.91 Å². The van der Waals surface area contributed by atoms with E-state index < -0.39 is 0 Å². The van der Waals surface area contributed by atoms with E-state index in [1.54, 1.807) is 0 Å². The van der Waals surface area contributed by atoms with E-state index in [9.17, 15) is 4.79 Å². The van der Waals surface area contributed by atoms with Crippen molar-refractivity contribution in [3.8, 4) is 5.75 Å². The molecule has 8 heteroatoms. The number of fused-ring (bicyclic) bond motifs is 1. The van der Waals surface area contributed by atoms with Crippen LogP contribution in [0.5, 0.6) is 5.75 Å². The molecule has 1 aliphatic rings. The lowest BCUT2D eigenvalue weighted by Crippen LogP contribution is -2.39. The Hall–Kier alpha value is -2.00. The Bertz CT molecular complexity index is 1040. The normalized spacial score (nSPS) is 14.6. The average molecular weight is 504 g/mol. The number of benzene rings is 2. The number of anilines is 1. The molecule has 2 heterocycles. The lowest BCUT2D eigenvalue weighted by Gasteiger charge is -2.27. The molecule has 1 aliphatic heterocycles. The van der Waals surface area contributed by atoms with Crippen LogP contribution in [-0.2, 0) is 4.74 Å². The molecule has 0 radical (unpaired) electrons. The summed E-state index contributed by atoms with van der Waals surface area (Å²) in [5.41, 5.74) is 1.45. The smallest absolute Gasteiger partial charge is 0.260 e. The number of carbonyl (C=O) groups is 1. The second-order valence-corrected chi connectivity index (χ2v) is 9.23. The third-order valence-corrected chi connectivity index (χ3v) is 6.71. The molecule has 4 rings (SSSR count). The largest absolute Gasteiger partial charge is 0.492 e. The number of rotatable bonds is 8. The van der Waals surface area contributed by atoms with Gasteiger partial charge in [-0.2, -0.15) is 0 Å². The molecule has 1 saturated heterocycles. The summed E-state index contributed by atoms with van der Waals surface area (Å²) < 4.78 is 13.1. The van der Waals surface area contributed by atoms with Gasteiger partial charge in [-0.25, -0.2) is 4.98 Å². The highest BCUT2D eigenvalue weighted by Crippen LogP contribution is 2.35. The van der Waals surface area contributed by atoms with Crippen molar-refractivity contribution in [3.63, 3.8) is 0 Å². The number of halogens is 1. The molecule has 0 spiro atoms. The summed E-state index contributed by atoms with van der Waals surface area (Å²) in [5, 5.41) is 0.703. The van der Waals surface area contributed by atoms with Crippen molar-refractivity contribution >= 4 is 48.5 Å². The van der Waals surface area contributed by atoms with Gasteiger partial charge in [0.15, 0.2) is 5.13 Å². The number of carbonyl (C=O) groups excluding carboxylic acids is 1. The number of aromatic nitrogens is 1. The summed E-state index contributed by atoms with van der Waals surface area (Å²) in [6.45, 7) is 7.51. The summed E-state index contributed by atoms with van der Waals surface area (Å²) in [6.07, 6.45) is 0.869. The lowest BCUT2D eigenvalue weighted by atomic mass is 10.2. The second kappa shape index (κ2) is 10.5. The zero-order valence-corrected chi connectivity index (χ0v) is 20.0. The van der Waals surface area contributed by atoms with Crippen LogP contribution >= 0.6 is 27.3 Å². The van der Waals surface area contributed by atoms with Gasteiger partial charge >= 0.3 is 0 Å². The van der Waals surface area contributed by atoms with Gasteiger partial charge in [-0.15, -0.1) is 0 Å². The number of morpholine rings is 1. The lowest BCUT2D eigenvalue weighted by molar-refractivity contribution is 0.0376. The first kappa shape index (κ1) is 22.2. The van der Waals surface area contributed by atoms with Crippen LogP contribution < -0.4 is 9.64 Å². The van der Waals surface area contributed by atoms with Gasteiger partial charge in [0.2, 0.25) is 0 Å². The molecule has 0 atom stereocenters. The number of hydrogen-bond donors (Lipinski definition) is 0. The Kier molecular flexibility index (Phi) is 7.55. The Balaban J connectivity index is 1.60. The number of ether oxygens (including phenoxy) is 2. The molecule has 3 aromatic rings. The molecule has 164 valence electrons. The van der Waals surface area contributed by atoms with Crippen molar-refractivity contribution in [1.82, 2.24) is 9.88 Å². The van der Waals surface area contributed by atoms with E-state index in [4.69, 9.17) is 14.5 Å². The fraction of sp³-hybridized carbons (Fsp3) is 0.391. The Morgan fingerprint density at radius 2 is 2.06 bits per heavy atom. The zero-order chi connectivity index (χ0) is 21.6. The van der Waals surface area contributed by atoms with E-state index >= 15 is 0 Å². The van der Waals surface area contributed by atoms with E-state index in [0.29, 0.717) is 23.8 Å². The summed E-state index contributed by atoms with van der Waals surface area (Å²) >= 11 is 5.00. The van der Waals surface area contributed by atoms with Crippen LogP contribution in [0.4, 0.5) is 5.13 Å². The first-order valence-electron chi connectivity index (χ1n) is 10.6. The highest BCUT2D eigenvalue weighted by Gasteiger charge is 2.23. The van der Waals surface area contributed by atoms with Gasteiger partial charge in [0.05, 0.1) is 24.5 Å². The van der Waals surface area contributed by atoms with Crippen molar-refractivity contribution < 1.29 is 14.3 Å². The van der Waals surface area contributed by atoms with Crippen LogP contribution in [-0.4, -0.2) is 61.8 Å². The van der Waals surface area contributed by atoms with Crippen molar-refractivity contribution in [2.24, 2.45) is 0 Å². The summed E-state index contributed by atoms with van der Waals surface area (Å²) in [6, 6.07) is 13.4. The molecule has 6 nitrogen and oxygen atoms in total. The van der Waals surface area contributed by atoms with Gasteiger partial charge in [-0.05, 0) is 43.7 Å². The van der Waals surface area contributed by atoms with Crippen molar-refractivity contribution in [2.75, 3.05) is 50.9 Å². The minimum atomic E-state index is -0.0414. The molecular formula is C23H26BrN3O3S. The molecule has 0 N–H and O–H groups in total. The van der Waals surface area contributed by atoms with E-state index in [2.05, 4.69) is 20.8 Å². The zero-order valence-electron chi connectivity index (χ0n) is 17.6. The average Bonchev–Trinajstić information content (AvgIpc) is 3.22. The van der Waals surface area contributed by atoms with Crippen LogP contribution in [0.15, 0.2) is 46.9 Å². The highest BCUT2D eigenvalue weighted by atomic mass is 79.9. The van der Waals surface area contributed by atoms with Crippen LogP contribution in [0.3, 0.4) is 0 Å². The van der Waals surface area contributed by atoms with Crippen LogP contribution in [0.1, 0.15) is 23.7 Å². The minimum Gasteiger partial charge on any atom is -0.492 e. The third-order valence-electron chi connectivity index (χ3n) is 5.18. The summed E-state index contributed by atoms with van der Waals surface area (Å²) in [4.78, 5) is 22.5. The van der Waals surface area contributed by atoms with E-state index in [1.807, 2.05) is 54.3 Å². The maximum atomic E-state index is 13.5. The molecule has 2 aromatic carbocycles. The molecule has 0 saturated carbocycles. The highest BCUT2D eigenvalue weighted by molar-refractivity contribution is 9.10. The van der Waals surface area contributed by atoms with Crippen LogP contribution in [0.25, 0.3) is 10.2 Å². The topological polar surface area (TPSA) is 54.9 Å². The number of amides is 1.